The van der Waals surface area contributed by atoms with Crippen LogP contribution in [0.5, 0.6) is 11.5 Å². The van der Waals surface area contributed by atoms with Crippen molar-refractivity contribution in [1.82, 2.24) is 0 Å². The Hall–Kier alpha value is -0.770. The van der Waals surface area contributed by atoms with Gasteiger partial charge in [-0.3, -0.25) is 0 Å². The average molecular weight is 768 g/mol. The van der Waals surface area contributed by atoms with Crippen LogP contribution in [0.15, 0.2) is 48.5 Å². The van der Waals surface area contributed by atoms with Gasteiger partial charge in [-0.05, 0) is 0 Å². The van der Waals surface area contributed by atoms with Crippen molar-refractivity contribution in [2.75, 3.05) is 0 Å². The third-order valence-electron chi connectivity index (χ3n) is 3.42. The fourth-order valence-corrected chi connectivity index (χ4v) is 13.6. The van der Waals surface area contributed by atoms with E-state index in [0.717, 1.165) is 0 Å². The summed E-state index contributed by atoms with van der Waals surface area (Å²) in [6.45, 7) is 10.7. The van der Waals surface area contributed by atoms with E-state index in [9.17, 15) is 9.59 Å². The molecule has 0 aliphatic heterocycles. The van der Waals surface area contributed by atoms with Crippen LogP contribution < -0.4 is 16.7 Å². The van der Waals surface area contributed by atoms with Gasteiger partial charge in [-0.25, -0.2) is 0 Å². The molecule has 2 aromatic rings. The van der Waals surface area contributed by atoms with E-state index in [1.165, 1.54) is 7.22 Å². The van der Waals surface area contributed by atoms with Crippen LogP contribution in [0, 0.1) is 0 Å². The van der Waals surface area contributed by atoms with Gasteiger partial charge >= 0.3 is 209 Å². The molecular formula is C22H26I2O6Te. The van der Waals surface area contributed by atoms with Crippen molar-refractivity contribution in [3.63, 3.8) is 0 Å². The van der Waals surface area contributed by atoms with Crippen molar-refractivity contribution in [2.24, 2.45) is 0 Å². The molecule has 0 saturated carbocycles. The Morgan fingerprint density at radius 1 is 0.645 bits per heavy atom. The summed E-state index contributed by atoms with van der Waals surface area (Å²) in [6, 6.07) is 15.0. The van der Waals surface area contributed by atoms with Crippen LogP contribution in [0.2, 0.25) is 0 Å². The van der Waals surface area contributed by atoms with Crippen LogP contribution in [-0.4, -0.2) is 33.8 Å². The quantitative estimate of drug-likeness (QED) is 0.171. The average Bonchev–Trinajstić information content (AvgIpc) is 2.59. The molecule has 0 radical (unpaired) electrons. The van der Waals surface area contributed by atoms with E-state index >= 15 is 0 Å². The van der Waals surface area contributed by atoms with Crippen LogP contribution in [0.1, 0.15) is 41.5 Å². The first-order valence-corrected chi connectivity index (χ1v) is 25.3. The Morgan fingerprint density at radius 3 is 1.19 bits per heavy atom. The van der Waals surface area contributed by atoms with Crippen molar-refractivity contribution in [2.45, 2.75) is 52.7 Å². The molecule has 0 heterocycles. The van der Waals surface area contributed by atoms with Crippen molar-refractivity contribution in [1.29, 1.82) is 0 Å². The van der Waals surface area contributed by atoms with E-state index < -0.39 is 33.8 Å². The number of carbonyl (C=O) groups is 2. The molecule has 0 saturated heterocycles. The maximum absolute atomic E-state index is 11.8. The minimum absolute atomic E-state index is 0.436. The summed E-state index contributed by atoms with van der Waals surface area (Å²) in [5.41, 5.74) is -1.21. The van der Waals surface area contributed by atoms with Crippen LogP contribution in [-0.2, 0) is 9.47 Å². The normalized spacial score (nSPS) is 12.6. The molecule has 31 heavy (non-hydrogen) atoms. The van der Waals surface area contributed by atoms with Gasteiger partial charge in [0.05, 0.1) is 0 Å². The van der Waals surface area contributed by atoms with Crippen molar-refractivity contribution >= 4 is 67.2 Å². The first-order valence-electron chi connectivity index (χ1n) is 9.40. The fraction of sp³-hybridized carbons (Fsp3) is 0.364. The van der Waals surface area contributed by atoms with Gasteiger partial charge in [0.1, 0.15) is 0 Å². The van der Waals surface area contributed by atoms with E-state index in [0.29, 0.717) is 11.5 Å². The Kier molecular flexibility index (Phi) is 8.92. The van der Waals surface area contributed by atoms with Gasteiger partial charge in [0.15, 0.2) is 0 Å². The predicted octanol–water partition coefficient (Wildman–Crippen LogP) is 5.74. The molecule has 2 aromatic carbocycles. The molecule has 0 amide bonds. The molecule has 0 bridgehead atoms. The van der Waals surface area contributed by atoms with E-state index in [-0.39, 0.29) is 0 Å². The molecular weight excluding hydrogens is 742 g/mol. The SMILES string of the molecule is CC(C)(C)OC(=O)Oc1ccc([Te](I)(I)c2ccc(OC(=O)OC(C)(C)C)cc2)cc1. The van der Waals surface area contributed by atoms with E-state index in [1.807, 2.05) is 24.3 Å². The number of rotatable bonds is 4. The zero-order chi connectivity index (χ0) is 23.4. The van der Waals surface area contributed by atoms with Crippen LogP contribution in [0.3, 0.4) is 0 Å². The number of ether oxygens (including phenoxy) is 4. The second kappa shape index (κ2) is 10.4. The number of hydrogen-bond donors (Lipinski definition) is 0. The van der Waals surface area contributed by atoms with Gasteiger partial charge in [0.2, 0.25) is 0 Å². The van der Waals surface area contributed by atoms with Crippen LogP contribution >= 0.6 is 37.4 Å². The fourth-order valence-electron chi connectivity index (χ4n) is 2.23. The summed E-state index contributed by atoms with van der Waals surface area (Å²) in [5, 5.41) is 0. The molecule has 0 unspecified atom stereocenters. The summed E-state index contributed by atoms with van der Waals surface area (Å²) >= 11 is 5.06. The Bertz CT molecular complexity index is 838. The molecule has 0 aliphatic rings. The van der Waals surface area contributed by atoms with Gasteiger partial charge in [0, 0.05) is 0 Å². The Labute approximate surface area is 206 Å². The van der Waals surface area contributed by atoms with Crippen molar-refractivity contribution in [3.05, 3.63) is 48.5 Å². The molecule has 0 spiro atoms. The third-order valence-corrected chi connectivity index (χ3v) is 22.0. The number of benzene rings is 2. The van der Waals surface area contributed by atoms with E-state index in [4.69, 9.17) is 18.9 Å². The zero-order valence-electron chi connectivity index (χ0n) is 18.2. The summed E-state index contributed by atoms with van der Waals surface area (Å²) in [4.78, 5) is 23.7. The van der Waals surface area contributed by atoms with Gasteiger partial charge in [-0.1, -0.05) is 0 Å². The number of hydrogen-bond acceptors (Lipinski definition) is 6. The summed E-state index contributed by atoms with van der Waals surface area (Å²) in [6.07, 6.45) is -1.45. The standard InChI is InChI=1S/C22H26I2O6Te/c1-21(2,3)29-19(25)27-15-7-11-17(12-8-15)31(23,24)18-13-9-16(10-14-18)28-20(26)30-22(4,5)6/h7-14H,1-6H3. The molecule has 0 aromatic heterocycles. The summed E-state index contributed by atoms with van der Waals surface area (Å²) < 4.78 is 23.2. The summed E-state index contributed by atoms with van der Waals surface area (Å²) in [7, 11) is -2.68. The Morgan fingerprint density at radius 2 is 0.935 bits per heavy atom. The maximum atomic E-state index is 11.8. The third kappa shape index (κ3) is 8.94. The Balaban J connectivity index is 2.07. The molecule has 9 heteroatoms. The number of carbonyl (C=O) groups excluding carboxylic acids is 2. The topological polar surface area (TPSA) is 71.1 Å². The monoisotopic (exact) mass is 770 g/mol. The van der Waals surface area contributed by atoms with Gasteiger partial charge < -0.3 is 0 Å². The van der Waals surface area contributed by atoms with Crippen molar-refractivity contribution in [3.8, 4) is 11.5 Å². The molecule has 0 fully saturated rings. The predicted molar refractivity (Wildman–Crippen MR) is 140 cm³/mol. The van der Waals surface area contributed by atoms with Gasteiger partial charge in [0.25, 0.3) is 0 Å². The minimum atomic E-state index is -2.68. The second-order valence-electron chi connectivity index (χ2n) is 8.54. The van der Waals surface area contributed by atoms with Crippen molar-refractivity contribution < 1.29 is 28.5 Å². The molecule has 0 aliphatic carbocycles. The van der Waals surface area contributed by atoms with E-state index in [2.05, 4.69) is 37.4 Å². The number of halogens is 2. The zero-order valence-corrected chi connectivity index (χ0v) is 24.9. The van der Waals surface area contributed by atoms with Crippen LogP contribution in [0.25, 0.3) is 0 Å². The first kappa shape index (κ1) is 26.5. The van der Waals surface area contributed by atoms with Crippen LogP contribution in [0.4, 0.5) is 9.59 Å². The second-order valence-corrected chi connectivity index (χ2v) is 42.9. The molecule has 0 N–H and O–H groups in total. The first-order chi connectivity index (χ1) is 14.2. The molecule has 170 valence electrons. The van der Waals surface area contributed by atoms with Gasteiger partial charge in [-0.2, -0.15) is 0 Å². The molecule has 0 atom stereocenters. The summed E-state index contributed by atoms with van der Waals surface area (Å²) in [5.74, 6) is 0.871. The van der Waals surface area contributed by atoms with Gasteiger partial charge in [-0.15, -0.1) is 0 Å². The molecule has 2 rings (SSSR count). The van der Waals surface area contributed by atoms with E-state index in [1.54, 1.807) is 65.8 Å². The molecule has 6 nitrogen and oxygen atoms in total.